The van der Waals surface area contributed by atoms with Crippen molar-refractivity contribution in [1.29, 1.82) is 0 Å². The quantitative estimate of drug-likeness (QED) is 0.588. The summed E-state index contributed by atoms with van der Waals surface area (Å²) in [6.45, 7) is 12.9. The van der Waals surface area contributed by atoms with Crippen molar-refractivity contribution in [2.45, 2.75) is 77.4 Å². The van der Waals surface area contributed by atoms with Crippen LogP contribution >= 0.6 is 0 Å². The number of nitrogens with one attached hydrogen (secondary N) is 2. The summed E-state index contributed by atoms with van der Waals surface area (Å²) in [5.74, 6) is -0.915. The molecule has 1 unspecified atom stereocenters. The molecule has 8 nitrogen and oxygen atoms in total. The van der Waals surface area contributed by atoms with Gasteiger partial charge < -0.3 is 15.1 Å². The van der Waals surface area contributed by atoms with E-state index < -0.39 is 11.9 Å². The number of benzene rings is 1. The number of hydrogen-bond acceptors (Lipinski definition) is 6. The molecule has 1 atom stereocenters. The molecule has 1 spiro atoms. The van der Waals surface area contributed by atoms with Crippen molar-refractivity contribution in [3.8, 4) is 0 Å². The largest absolute Gasteiger partial charge is 0.369 e. The Morgan fingerprint density at radius 3 is 2.32 bits per heavy atom. The molecule has 1 aromatic rings. The maximum Gasteiger partial charge on any atom is 0.255 e. The Kier molecular flexibility index (Phi) is 6.30. The average molecular weight is 526 g/mol. The number of carbonyl (C=O) groups excluding carboxylic acids is 3. The van der Waals surface area contributed by atoms with Crippen LogP contribution in [0.4, 0.5) is 10.1 Å². The lowest BCUT2D eigenvalue weighted by atomic mass is 9.71. The molecule has 5 aliphatic rings. The molecule has 6 rings (SSSR count). The van der Waals surface area contributed by atoms with Gasteiger partial charge in [-0.2, -0.15) is 0 Å². The summed E-state index contributed by atoms with van der Waals surface area (Å²) in [6, 6.07) is 1.07. The van der Waals surface area contributed by atoms with Gasteiger partial charge in [-0.25, -0.2) is 4.39 Å². The zero-order valence-corrected chi connectivity index (χ0v) is 22.9. The summed E-state index contributed by atoms with van der Waals surface area (Å²) >= 11 is 0. The van der Waals surface area contributed by atoms with Crippen LogP contribution < -0.4 is 15.5 Å². The van der Waals surface area contributed by atoms with E-state index >= 15 is 4.39 Å². The molecule has 0 aromatic heterocycles. The summed E-state index contributed by atoms with van der Waals surface area (Å²) in [5, 5.41) is 5.77. The van der Waals surface area contributed by atoms with E-state index in [-0.39, 0.29) is 42.6 Å². The fourth-order valence-corrected chi connectivity index (χ4v) is 7.61. The Morgan fingerprint density at radius 2 is 1.71 bits per heavy atom. The van der Waals surface area contributed by atoms with Crippen LogP contribution in [0.3, 0.4) is 0 Å². The van der Waals surface area contributed by atoms with Crippen molar-refractivity contribution < 1.29 is 18.8 Å². The van der Waals surface area contributed by atoms with Crippen LogP contribution in [0, 0.1) is 24.1 Å². The van der Waals surface area contributed by atoms with E-state index in [4.69, 9.17) is 0 Å². The van der Waals surface area contributed by atoms with E-state index in [2.05, 4.69) is 34.3 Å². The smallest absolute Gasteiger partial charge is 0.255 e. The van der Waals surface area contributed by atoms with Crippen molar-refractivity contribution in [2.75, 3.05) is 44.2 Å². The lowest BCUT2D eigenvalue weighted by Gasteiger charge is -2.54. The fraction of sp³-hybridized carbons (Fsp3) is 0.690. The minimum Gasteiger partial charge on any atom is -0.369 e. The zero-order valence-electron chi connectivity index (χ0n) is 22.9. The van der Waals surface area contributed by atoms with Gasteiger partial charge in [0, 0.05) is 43.7 Å². The van der Waals surface area contributed by atoms with E-state index in [9.17, 15) is 14.4 Å². The number of piperidine rings is 3. The first-order valence-corrected chi connectivity index (χ1v) is 14.3. The second-order valence-electron chi connectivity index (χ2n) is 12.8. The van der Waals surface area contributed by atoms with Crippen LogP contribution in [0.2, 0.25) is 0 Å². The van der Waals surface area contributed by atoms with Crippen molar-refractivity contribution >= 4 is 23.4 Å². The molecule has 0 aliphatic carbocycles. The van der Waals surface area contributed by atoms with E-state index in [1.807, 2.05) is 13.0 Å². The summed E-state index contributed by atoms with van der Waals surface area (Å²) in [7, 11) is 0. The van der Waals surface area contributed by atoms with E-state index in [0.29, 0.717) is 28.1 Å². The van der Waals surface area contributed by atoms with E-state index in [0.717, 1.165) is 44.6 Å². The van der Waals surface area contributed by atoms with Gasteiger partial charge in [-0.3, -0.25) is 24.6 Å². The molecule has 4 fully saturated rings. The zero-order chi connectivity index (χ0) is 26.8. The van der Waals surface area contributed by atoms with Crippen LogP contribution in [-0.2, 0) is 16.1 Å². The molecule has 4 saturated heterocycles. The van der Waals surface area contributed by atoms with Gasteiger partial charge in [0.1, 0.15) is 6.04 Å². The third-order valence-electron chi connectivity index (χ3n) is 10.4. The normalized spacial score (nSPS) is 26.5. The Morgan fingerprint density at radius 1 is 1.03 bits per heavy atom. The molecule has 206 valence electrons. The number of imide groups is 1. The van der Waals surface area contributed by atoms with Gasteiger partial charge in [0.15, 0.2) is 5.82 Å². The van der Waals surface area contributed by atoms with Crippen LogP contribution in [0.15, 0.2) is 6.07 Å². The van der Waals surface area contributed by atoms with Gasteiger partial charge in [-0.05, 0) is 88.9 Å². The summed E-state index contributed by atoms with van der Waals surface area (Å²) < 4.78 is 16.0. The summed E-state index contributed by atoms with van der Waals surface area (Å²) in [6.07, 6.45) is 5.02. The molecule has 2 N–H and O–H groups in total. The number of aryl methyl sites for hydroxylation is 1. The van der Waals surface area contributed by atoms with Crippen molar-refractivity contribution in [1.82, 2.24) is 20.4 Å². The first-order valence-electron chi connectivity index (χ1n) is 14.3. The van der Waals surface area contributed by atoms with Gasteiger partial charge in [0.05, 0.1) is 17.8 Å². The molecule has 3 amide bonds. The predicted octanol–water partition coefficient (Wildman–Crippen LogP) is 2.58. The number of carbonyl (C=O) groups is 3. The monoisotopic (exact) mass is 525 g/mol. The molecule has 5 aliphatic heterocycles. The molecular weight excluding hydrogens is 485 g/mol. The molecule has 0 bridgehead atoms. The SMILES string of the molecule is Cc1cc(N2CCC(C(C)(C)N3CCC4(CC3)CNC4)CC2)c(F)c2c1C(=O)N(C1CCC(=O)NC1=O)C2. The Bertz CT molecular complexity index is 1160. The number of amides is 3. The van der Waals surface area contributed by atoms with Crippen molar-refractivity contribution in [3.63, 3.8) is 0 Å². The van der Waals surface area contributed by atoms with Crippen LogP contribution in [0.25, 0.3) is 0 Å². The van der Waals surface area contributed by atoms with Gasteiger partial charge in [-0.1, -0.05) is 0 Å². The lowest BCUT2D eigenvalue weighted by Crippen LogP contribution is -2.62. The summed E-state index contributed by atoms with van der Waals surface area (Å²) in [5.41, 5.74) is 2.71. The molecule has 0 radical (unpaired) electrons. The number of halogens is 1. The number of likely N-dealkylation sites (tertiary alicyclic amines) is 1. The first kappa shape index (κ1) is 25.7. The highest BCUT2D eigenvalue weighted by atomic mass is 19.1. The Balaban J connectivity index is 1.14. The van der Waals surface area contributed by atoms with E-state index in [1.165, 1.54) is 30.8 Å². The highest BCUT2D eigenvalue weighted by Gasteiger charge is 2.46. The maximum atomic E-state index is 16.0. The average Bonchev–Trinajstić information content (AvgIpc) is 3.23. The maximum absolute atomic E-state index is 16.0. The van der Waals surface area contributed by atoms with Gasteiger partial charge >= 0.3 is 0 Å². The molecule has 0 saturated carbocycles. The second-order valence-corrected chi connectivity index (χ2v) is 12.8. The minimum absolute atomic E-state index is 0.0659. The number of rotatable bonds is 4. The number of hydrogen-bond donors (Lipinski definition) is 2. The molecule has 1 aromatic carbocycles. The fourth-order valence-electron chi connectivity index (χ4n) is 7.61. The third-order valence-corrected chi connectivity index (χ3v) is 10.4. The summed E-state index contributed by atoms with van der Waals surface area (Å²) in [4.78, 5) is 43.5. The molecule has 9 heteroatoms. The highest BCUT2D eigenvalue weighted by Crippen LogP contribution is 2.42. The number of nitrogens with zero attached hydrogens (tertiary/aromatic N) is 3. The third kappa shape index (κ3) is 4.13. The second kappa shape index (κ2) is 9.30. The topological polar surface area (TPSA) is 85.0 Å². The lowest BCUT2D eigenvalue weighted by molar-refractivity contribution is -0.136. The van der Waals surface area contributed by atoms with Gasteiger partial charge in [-0.15, -0.1) is 0 Å². The Labute approximate surface area is 224 Å². The Hall–Kier alpha value is -2.52. The van der Waals surface area contributed by atoms with Crippen molar-refractivity contribution in [3.05, 3.63) is 28.6 Å². The van der Waals surface area contributed by atoms with Crippen LogP contribution in [-0.4, -0.2) is 78.4 Å². The standard InChI is InChI=1S/C29H40FN5O3/c1-18-14-22(25(30)20-15-35(27(38)24(18)20)21-4-5-23(36)32-26(21)37)33-10-6-19(7-11-33)28(2,3)34-12-8-29(9-13-34)16-31-17-29/h14,19,21,31H,4-13,15-17H2,1-3H3,(H,32,36,37). The number of fused-ring (bicyclic) bond motifs is 1. The van der Waals surface area contributed by atoms with Crippen LogP contribution in [0.5, 0.6) is 0 Å². The molecule has 5 heterocycles. The highest BCUT2D eigenvalue weighted by molar-refractivity contribution is 6.06. The van der Waals surface area contributed by atoms with E-state index in [1.54, 1.807) is 0 Å². The minimum atomic E-state index is -0.738. The predicted molar refractivity (Wildman–Crippen MR) is 142 cm³/mol. The molecule has 38 heavy (non-hydrogen) atoms. The first-order chi connectivity index (χ1) is 18.1. The van der Waals surface area contributed by atoms with Crippen molar-refractivity contribution in [2.24, 2.45) is 11.3 Å². The number of anilines is 1. The van der Waals surface area contributed by atoms with Crippen LogP contribution in [0.1, 0.15) is 73.9 Å². The molecular formula is C29H40FN5O3. The van der Waals surface area contributed by atoms with Gasteiger partial charge in [0.25, 0.3) is 5.91 Å². The van der Waals surface area contributed by atoms with Gasteiger partial charge in [0.2, 0.25) is 11.8 Å².